The van der Waals surface area contributed by atoms with E-state index < -0.39 is 23.4 Å². The van der Waals surface area contributed by atoms with E-state index in [-0.39, 0.29) is 5.82 Å². The van der Waals surface area contributed by atoms with Crippen LogP contribution in [0, 0.1) is 5.82 Å². The van der Waals surface area contributed by atoms with E-state index in [0.717, 1.165) is 18.4 Å². The van der Waals surface area contributed by atoms with Gasteiger partial charge in [0.05, 0.1) is 19.6 Å². The third kappa shape index (κ3) is 4.40. The highest BCUT2D eigenvalue weighted by molar-refractivity contribution is 5.96. The molecular weight excluding hydrogens is 389 g/mol. The lowest BCUT2D eigenvalue weighted by Crippen LogP contribution is -2.39. The van der Waals surface area contributed by atoms with Gasteiger partial charge in [0.25, 0.3) is 5.91 Å². The summed E-state index contributed by atoms with van der Waals surface area (Å²) >= 11 is 0. The summed E-state index contributed by atoms with van der Waals surface area (Å²) in [6.45, 7) is 1.53. The van der Waals surface area contributed by atoms with Crippen molar-refractivity contribution in [2.75, 3.05) is 19.5 Å². The van der Waals surface area contributed by atoms with Gasteiger partial charge in [0, 0.05) is 11.8 Å². The Bertz CT molecular complexity index is 906. The molecule has 3 rings (SSSR count). The zero-order valence-corrected chi connectivity index (χ0v) is 17.4. The van der Waals surface area contributed by atoms with Crippen molar-refractivity contribution >= 4 is 17.6 Å². The molecule has 0 aromatic heterocycles. The lowest BCUT2D eigenvalue weighted by Gasteiger charge is -2.28. The van der Waals surface area contributed by atoms with Crippen LogP contribution >= 0.6 is 0 Å². The molecule has 7 heteroatoms. The number of anilines is 1. The zero-order chi connectivity index (χ0) is 21.7. The number of carbonyl (C=O) groups excluding carboxylic acids is 2. The second-order valence-corrected chi connectivity index (χ2v) is 7.40. The molecule has 0 heterocycles. The van der Waals surface area contributed by atoms with E-state index >= 15 is 0 Å². The van der Waals surface area contributed by atoms with Gasteiger partial charge < -0.3 is 19.5 Å². The third-order valence-corrected chi connectivity index (χ3v) is 5.55. The Morgan fingerprint density at radius 2 is 1.63 bits per heavy atom. The summed E-state index contributed by atoms with van der Waals surface area (Å²) in [4.78, 5) is 25.7. The predicted molar refractivity (Wildman–Crippen MR) is 110 cm³/mol. The number of nitrogens with one attached hydrogen (secondary N) is 1. The first-order valence-corrected chi connectivity index (χ1v) is 9.89. The number of benzene rings is 2. The van der Waals surface area contributed by atoms with Crippen LogP contribution in [0.3, 0.4) is 0 Å². The van der Waals surface area contributed by atoms with Crippen molar-refractivity contribution in [1.82, 2.24) is 0 Å². The number of esters is 1. The minimum atomic E-state index is -0.997. The largest absolute Gasteiger partial charge is 0.493 e. The molecule has 1 saturated carbocycles. The van der Waals surface area contributed by atoms with Gasteiger partial charge >= 0.3 is 5.97 Å². The Morgan fingerprint density at radius 3 is 2.23 bits per heavy atom. The van der Waals surface area contributed by atoms with E-state index in [1.54, 1.807) is 30.3 Å². The van der Waals surface area contributed by atoms with E-state index in [1.807, 2.05) is 0 Å². The summed E-state index contributed by atoms with van der Waals surface area (Å²) in [5.74, 6) is -0.258. The monoisotopic (exact) mass is 415 g/mol. The molecular formula is C23H26FNO5. The minimum Gasteiger partial charge on any atom is -0.493 e. The Labute approximate surface area is 175 Å². The van der Waals surface area contributed by atoms with Crippen molar-refractivity contribution in [1.29, 1.82) is 0 Å². The standard InChI is InChI=1S/C23H26FNO5/c1-15(21(26)25-18-10-11-19(28-2)20(14-18)29-3)30-22(27)23(12-4-5-13-23)16-6-8-17(24)9-7-16/h6-11,14-15H,4-5,12-13H2,1-3H3,(H,25,26)/t15-/m1/s1. The fraction of sp³-hybridized carbons (Fsp3) is 0.391. The zero-order valence-electron chi connectivity index (χ0n) is 17.4. The fourth-order valence-electron chi connectivity index (χ4n) is 3.84. The van der Waals surface area contributed by atoms with Crippen molar-refractivity contribution in [2.24, 2.45) is 0 Å². The molecule has 0 unspecified atom stereocenters. The van der Waals surface area contributed by atoms with Gasteiger partial charge in [-0.15, -0.1) is 0 Å². The maximum absolute atomic E-state index is 13.3. The molecule has 0 aliphatic heterocycles. The lowest BCUT2D eigenvalue weighted by atomic mass is 9.79. The van der Waals surface area contributed by atoms with Gasteiger partial charge in [-0.05, 0) is 49.6 Å². The number of hydrogen-bond acceptors (Lipinski definition) is 5. The molecule has 6 nitrogen and oxygen atoms in total. The number of hydrogen-bond donors (Lipinski definition) is 1. The Balaban J connectivity index is 1.71. The van der Waals surface area contributed by atoms with Crippen molar-refractivity contribution < 1.29 is 28.2 Å². The quantitative estimate of drug-likeness (QED) is 0.686. The van der Waals surface area contributed by atoms with Gasteiger partial charge in [0.15, 0.2) is 17.6 Å². The molecule has 0 spiro atoms. The summed E-state index contributed by atoms with van der Waals surface area (Å²) in [6, 6.07) is 10.9. The fourth-order valence-corrected chi connectivity index (χ4v) is 3.84. The smallest absolute Gasteiger partial charge is 0.317 e. The first-order valence-electron chi connectivity index (χ1n) is 9.89. The van der Waals surface area contributed by atoms with E-state index in [2.05, 4.69) is 5.32 Å². The van der Waals surface area contributed by atoms with Gasteiger partial charge in [0.1, 0.15) is 5.82 Å². The van der Waals surface area contributed by atoms with Crippen LogP contribution in [0.2, 0.25) is 0 Å². The molecule has 1 aliphatic rings. The Hall–Kier alpha value is -3.09. The van der Waals surface area contributed by atoms with Crippen LogP contribution in [0.25, 0.3) is 0 Å². The Morgan fingerprint density at radius 1 is 1.00 bits per heavy atom. The van der Waals surface area contributed by atoms with Crippen LogP contribution in [0.1, 0.15) is 38.2 Å². The molecule has 1 aliphatic carbocycles. The van der Waals surface area contributed by atoms with Crippen LogP contribution < -0.4 is 14.8 Å². The molecule has 0 bridgehead atoms. The molecule has 1 atom stereocenters. The second-order valence-electron chi connectivity index (χ2n) is 7.40. The normalized spacial score (nSPS) is 15.9. The summed E-state index contributed by atoms with van der Waals surface area (Å²) in [6.07, 6.45) is 1.98. The van der Waals surface area contributed by atoms with Crippen molar-refractivity contribution in [3.05, 3.63) is 53.8 Å². The summed E-state index contributed by atoms with van der Waals surface area (Å²) in [5, 5.41) is 2.72. The maximum Gasteiger partial charge on any atom is 0.317 e. The highest BCUT2D eigenvalue weighted by atomic mass is 19.1. The van der Waals surface area contributed by atoms with Gasteiger partial charge in [-0.3, -0.25) is 9.59 Å². The van der Waals surface area contributed by atoms with Crippen LogP contribution in [-0.2, 0) is 19.7 Å². The molecule has 0 radical (unpaired) electrons. The van der Waals surface area contributed by atoms with Gasteiger partial charge in [-0.1, -0.05) is 25.0 Å². The van der Waals surface area contributed by atoms with Crippen LogP contribution in [0.4, 0.5) is 10.1 Å². The highest BCUT2D eigenvalue weighted by Gasteiger charge is 2.45. The van der Waals surface area contributed by atoms with Crippen LogP contribution in [0.5, 0.6) is 11.5 Å². The number of rotatable bonds is 7. The van der Waals surface area contributed by atoms with E-state index in [1.165, 1.54) is 33.3 Å². The van der Waals surface area contributed by atoms with E-state index in [9.17, 15) is 14.0 Å². The average Bonchev–Trinajstić information content (AvgIpc) is 3.25. The van der Waals surface area contributed by atoms with Crippen molar-refractivity contribution in [3.63, 3.8) is 0 Å². The predicted octanol–water partition coefficient (Wildman–Crippen LogP) is 4.23. The highest BCUT2D eigenvalue weighted by Crippen LogP contribution is 2.42. The molecule has 1 fully saturated rings. The number of amides is 1. The number of halogens is 1. The van der Waals surface area contributed by atoms with E-state index in [0.29, 0.717) is 30.0 Å². The SMILES string of the molecule is COc1ccc(NC(=O)[C@@H](C)OC(=O)C2(c3ccc(F)cc3)CCCC2)cc1OC. The lowest BCUT2D eigenvalue weighted by molar-refractivity contribution is -0.159. The maximum atomic E-state index is 13.3. The van der Waals surface area contributed by atoms with Gasteiger partial charge in [-0.25, -0.2) is 4.39 Å². The molecule has 2 aromatic rings. The minimum absolute atomic E-state index is 0.358. The topological polar surface area (TPSA) is 73.9 Å². The summed E-state index contributed by atoms with van der Waals surface area (Å²) in [5.41, 5.74) is 0.375. The first-order chi connectivity index (χ1) is 14.4. The molecule has 1 amide bonds. The van der Waals surface area contributed by atoms with E-state index in [4.69, 9.17) is 14.2 Å². The second kappa shape index (κ2) is 9.15. The summed E-state index contributed by atoms with van der Waals surface area (Å²) in [7, 11) is 3.03. The number of carbonyl (C=O) groups is 2. The Kier molecular flexibility index (Phi) is 6.59. The number of methoxy groups -OCH3 is 2. The van der Waals surface area contributed by atoms with Crippen molar-refractivity contribution in [2.45, 2.75) is 44.1 Å². The van der Waals surface area contributed by atoms with Gasteiger partial charge in [0.2, 0.25) is 0 Å². The molecule has 1 N–H and O–H groups in total. The third-order valence-electron chi connectivity index (χ3n) is 5.55. The average molecular weight is 415 g/mol. The molecule has 160 valence electrons. The molecule has 30 heavy (non-hydrogen) atoms. The molecule has 0 saturated heterocycles. The number of ether oxygens (including phenoxy) is 3. The van der Waals surface area contributed by atoms with Crippen molar-refractivity contribution in [3.8, 4) is 11.5 Å². The summed E-state index contributed by atoms with van der Waals surface area (Å²) < 4.78 is 29.3. The first kappa shape index (κ1) is 21.6. The molecule has 2 aromatic carbocycles. The van der Waals surface area contributed by atoms with Gasteiger partial charge in [-0.2, -0.15) is 0 Å². The van der Waals surface area contributed by atoms with Crippen LogP contribution in [-0.4, -0.2) is 32.2 Å². The van der Waals surface area contributed by atoms with Crippen LogP contribution in [0.15, 0.2) is 42.5 Å².